The monoisotopic (exact) mass is 817 g/mol. The van der Waals surface area contributed by atoms with Crippen molar-refractivity contribution in [1.82, 2.24) is 9.88 Å². The number of hydrogen-bond acceptors (Lipinski definition) is 11. The number of esters is 2. The Morgan fingerprint density at radius 1 is 1.04 bits per heavy atom. The van der Waals surface area contributed by atoms with Gasteiger partial charge in [-0.15, -0.1) is 0 Å². The molecule has 13 nitrogen and oxygen atoms in total. The number of fused-ring (bicyclic) bond motifs is 3. The van der Waals surface area contributed by atoms with Gasteiger partial charge in [0.05, 0.1) is 19.1 Å². The molecule has 2 heterocycles. The number of carbonyl (C=O) groups is 3. The second-order valence-corrected chi connectivity index (χ2v) is 21.4. The summed E-state index contributed by atoms with van der Waals surface area (Å²) in [5, 5.41) is 14.7. The second kappa shape index (κ2) is 15.3. The summed E-state index contributed by atoms with van der Waals surface area (Å²) in [5.74, 6) is -1.24. The topological polar surface area (TPSA) is 197 Å². The predicted molar refractivity (Wildman–Crippen MR) is 212 cm³/mol. The van der Waals surface area contributed by atoms with Crippen LogP contribution in [0.15, 0.2) is 21.1 Å². The molecule has 1 aliphatic heterocycles. The summed E-state index contributed by atoms with van der Waals surface area (Å²) in [7, 11) is -3.80. The highest BCUT2D eigenvalue weighted by Crippen LogP contribution is 2.75. The normalized spacial score (nSPS) is 38.5. The SMILES string of the molecule is CC(=O)O[C@@H]1C[C@@]23COC[C@](C)([C@@H]2CC[C@H]2C3=CC[C@@]3(C)[C@H](C(=O)O)[C@@](C)([C@H](C)C(C)C)CC[C@]23C)[C@H]1OC(=O)C(N)CCCCNS(=O)(=O)c1c(C)noc1C. The van der Waals surface area contributed by atoms with Crippen molar-refractivity contribution in [2.24, 2.45) is 62.4 Å². The van der Waals surface area contributed by atoms with E-state index < -0.39 is 68.3 Å². The van der Waals surface area contributed by atoms with Crippen LogP contribution < -0.4 is 10.5 Å². The van der Waals surface area contributed by atoms with E-state index in [1.54, 1.807) is 13.8 Å². The van der Waals surface area contributed by atoms with Gasteiger partial charge in [-0.2, -0.15) is 0 Å². The molecule has 2 bridgehead atoms. The van der Waals surface area contributed by atoms with Gasteiger partial charge in [0.25, 0.3) is 0 Å². The summed E-state index contributed by atoms with van der Waals surface area (Å²) < 4.78 is 52.0. The number of aryl methyl sites for hydroxylation is 2. The van der Waals surface area contributed by atoms with Crippen LogP contribution in [0.5, 0.6) is 0 Å². The molecule has 57 heavy (non-hydrogen) atoms. The van der Waals surface area contributed by atoms with E-state index in [1.807, 2.05) is 0 Å². The van der Waals surface area contributed by atoms with E-state index in [0.717, 1.165) is 25.7 Å². The molecule has 1 aromatic rings. The van der Waals surface area contributed by atoms with E-state index in [0.29, 0.717) is 44.8 Å². The maximum absolute atomic E-state index is 13.7. The molecule has 0 radical (unpaired) electrons. The lowest BCUT2D eigenvalue weighted by Crippen LogP contribution is -2.70. The third-order valence-electron chi connectivity index (χ3n) is 16.4. The van der Waals surface area contributed by atoms with Crippen LogP contribution in [0, 0.1) is 70.5 Å². The van der Waals surface area contributed by atoms with Gasteiger partial charge < -0.3 is 29.6 Å². The highest BCUT2D eigenvalue weighted by Gasteiger charge is 2.72. The van der Waals surface area contributed by atoms with Crippen LogP contribution in [0.1, 0.15) is 125 Å². The van der Waals surface area contributed by atoms with Crippen LogP contribution in [0.2, 0.25) is 0 Å². The van der Waals surface area contributed by atoms with Crippen molar-refractivity contribution in [3.8, 4) is 0 Å². The van der Waals surface area contributed by atoms with Crippen molar-refractivity contribution < 1.29 is 46.6 Å². The molecule has 320 valence electrons. The first kappa shape index (κ1) is 43.8. The fourth-order valence-corrected chi connectivity index (χ4v) is 14.5. The molecular formula is C43H67N3O10S. The zero-order chi connectivity index (χ0) is 42.1. The van der Waals surface area contributed by atoms with Crippen molar-refractivity contribution in [3.05, 3.63) is 23.1 Å². The van der Waals surface area contributed by atoms with E-state index >= 15 is 0 Å². The molecule has 4 fully saturated rings. The molecule has 4 N–H and O–H groups in total. The molecule has 6 rings (SSSR count). The van der Waals surface area contributed by atoms with Crippen LogP contribution in [0.3, 0.4) is 0 Å². The summed E-state index contributed by atoms with van der Waals surface area (Å²) in [4.78, 5) is 39.9. The third kappa shape index (κ3) is 6.99. The summed E-state index contributed by atoms with van der Waals surface area (Å²) in [6.45, 7) is 20.9. The number of nitrogens with two attached hydrogens (primary N) is 1. The number of carbonyl (C=O) groups excluding carboxylic acids is 2. The minimum atomic E-state index is -3.80. The molecule has 12 atom stereocenters. The number of unbranched alkanes of at least 4 members (excludes halogenated alkanes) is 1. The number of hydrogen-bond donors (Lipinski definition) is 3. The minimum Gasteiger partial charge on any atom is -0.481 e. The van der Waals surface area contributed by atoms with E-state index in [4.69, 9.17) is 24.5 Å². The molecule has 1 saturated heterocycles. The molecule has 1 aromatic heterocycles. The van der Waals surface area contributed by atoms with Gasteiger partial charge in [-0.3, -0.25) is 14.4 Å². The third-order valence-corrected chi connectivity index (χ3v) is 18.1. The number of aromatic nitrogens is 1. The molecule has 4 aliphatic carbocycles. The van der Waals surface area contributed by atoms with Gasteiger partial charge in [0.15, 0.2) is 5.76 Å². The maximum Gasteiger partial charge on any atom is 0.323 e. The average Bonchev–Trinajstić information content (AvgIpc) is 3.47. The standard InChI is InChI=1S/C43H67N3O10S/c1-24(2)25(3)39(7)18-19-41(9)29-14-15-33-40(8)22-53-23-43(33,30(29)16-17-42(41,10)35(39)37(48)49)21-32(54-28(6)47)36(40)55-38(50)31(44)13-11-12-20-45-57(51,52)34-26(4)46-56-27(34)5/h16,24-25,29,31-33,35-36,45H,11-15,17-23,44H2,1-10H3,(H,48,49)/t25-,29+,31?,32-,33+,35-,36+,39-,40-,41-,42+,43+/m1/s1. The van der Waals surface area contributed by atoms with Gasteiger partial charge in [0, 0.05) is 24.3 Å². The fraction of sp³-hybridized carbons (Fsp3) is 0.814. The van der Waals surface area contributed by atoms with Crippen LogP contribution in [0.4, 0.5) is 0 Å². The van der Waals surface area contributed by atoms with E-state index in [2.05, 4.69) is 64.4 Å². The van der Waals surface area contributed by atoms with Crippen molar-refractivity contribution >= 4 is 27.9 Å². The summed E-state index contributed by atoms with van der Waals surface area (Å²) in [6.07, 6.45) is 6.61. The maximum atomic E-state index is 13.7. The van der Waals surface area contributed by atoms with Crippen LogP contribution in [-0.4, -0.2) is 74.6 Å². The van der Waals surface area contributed by atoms with Crippen molar-refractivity contribution in [2.75, 3.05) is 19.8 Å². The minimum absolute atomic E-state index is 0.0304. The zero-order valence-corrected chi connectivity index (χ0v) is 36.6. The largest absolute Gasteiger partial charge is 0.481 e. The Labute approximate surface area is 339 Å². The lowest BCUT2D eigenvalue weighted by molar-refractivity contribution is -0.263. The number of nitrogens with zero attached hydrogens (tertiary/aromatic N) is 1. The fourth-order valence-electron chi connectivity index (χ4n) is 13.1. The van der Waals surface area contributed by atoms with Gasteiger partial charge in [0.1, 0.15) is 28.8 Å². The predicted octanol–water partition coefficient (Wildman–Crippen LogP) is 6.50. The van der Waals surface area contributed by atoms with E-state index in [1.165, 1.54) is 12.5 Å². The number of allylic oxidation sites excluding steroid dienone is 1. The van der Waals surface area contributed by atoms with Crippen LogP contribution in [-0.2, 0) is 38.6 Å². The molecule has 0 spiro atoms. The molecule has 3 saturated carbocycles. The number of nitrogens with one attached hydrogen (secondary N) is 1. The number of rotatable bonds is 13. The van der Waals surface area contributed by atoms with E-state index in [9.17, 15) is 27.9 Å². The number of ether oxygens (including phenoxy) is 3. The first-order valence-electron chi connectivity index (χ1n) is 21.1. The number of aliphatic carboxylic acids is 1. The first-order valence-corrected chi connectivity index (χ1v) is 22.6. The Morgan fingerprint density at radius 2 is 1.74 bits per heavy atom. The second-order valence-electron chi connectivity index (χ2n) is 19.7. The highest BCUT2D eigenvalue weighted by atomic mass is 32.2. The Kier molecular flexibility index (Phi) is 11.8. The number of carboxylic acid groups (broad SMARTS) is 1. The smallest absolute Gasteiger partial charge is 0.323 e. The summed E-state index contributed by atoms with van der Waals surface area (Å²) in [5.41, 5.74) is 5.76. The lowest BCUT2D eigenvalue weighted by Gasteiger charge is -2.71. The first-order chi connectivity index (χ1) is 26.5. The molecule has 14 heteroatoms. The van der Waals surface area contributed by atoms with Crippen LogP contribution in [0.25, 0.3) is 0 Å². The average molecular weight is 818 g/mol. The Bertz CT molecular complexity index is 1860. The molecule has 0 amide bonds. The quantitative estimate of drug-likeness (QED) is 0.111. The highest BCUT2D eigenvalue weighted by molar-refractivity contribution is 7.89. The molecule has 5 aliphatic rings. The molecule has 0 aromatic carbocycles. The van der Waals surface area contributed by atoms with Crippen molar-refractivity contribution in [2.45, 2.75) is 150 Å². The Balaban J connectivity index is 1.21. The van der Waals surface area contributed by atoms with E-state index in [-0.39, 0.29) is 57.9 Å². The Morgan fingerprint density at radius 3 is 2.35 bits per heavy atom. The van der Waals surface area contributed by atoms with Gasteiger partial charge in [0.2, 0.25) is 10.0 Å². The van der Waals surface area contributed by atoms with Crippen LogP contribution >= 0.6 is 0 Å². The zero-order valence-electron chi connectivity index (χ0n) is 35.7. The van der Waals surface area contributed by atoms with Gasteiger partial charge in [-0.05, 0) is 105 Å². The summed E-state index contributed by atoms with van der Waals surface area (Å²) >= 11 is 0. The molecule has 1 unspecified atom stereocenters. The summed E-state index contributed by atoms with van der Waals surface area (Å²) in [6, 6.07) is -0.964. The Hall–Kier alpha value is -2.81. The van der Waals surface area contributed by atoms with Gasteiger partial charge in [-0.1, -0.05) is 71.7 Å². The molecular weight excluding hydrogens is 751 g/mol. The number of sulfonamides is 1. The van der Waals surface area contributed by atoms with Crippen molar-refractivity contribution in [1.29, 1.82) is 0 Å². The van der Waals surface area contributed by atoms with Gasteiger partial charge >= 0.3 is 17.9 Å². The number of carboxylic acids is 1. The lowest BCUT2D eigenvalue weighted by atomic mass is 9.34. The van der Waals surface area contributed by atoms with Gasteiger partial charge in [-0.25, -0.2) is 13.1 Å². The van der Waals surface area contributed by atoms with Crippen molar-refractivity contribution in [3.63, 3.8) is 0 Å².